The number of nitrogens with one attached hydrogen (secondary N) is 1. The van der Waals surface area contributed by atoms with E-state index in [1.165, 1.54) is 18.3 Å². The molecule has 0 unspecified atom stereocenters. The summed E-state index contributed by atoms with van der Waals surface area (Å²) in [5.74, 6) is -0.883. The molecule has 0 aliphatic heterocycles. The summed E-state index contributed by atoms with van der Waals surface area (Å²) in [4.78, 5) is 19.9. The van der Waals surface area contributed by atoms with Crippen molar-refractivity contribution in [3.63, 3.8) is 0 Å². The molecular formula is C11H7Br2FN4O. The molecule has 0 radical (unpaired) electrons. The van der Waals surface area contributed by atoms with Crippen LogP contribution in [-0.4, -0.2) is 15.9 Å². The fourth-order valence-corrected chi connectivity index (χ4v) is 2.24. The molecule has 19 heavy (non-hydrogen) atoms. The molecule has 1 amide bonds. The predicted molar refractivity (Wildman–Crippen MR) is 76.2 cm³/mol. The molecule has 98 valence electrons. The maximum absolute atomic E-state index is 13.1. The van der Waals surface area contributed by atoms with E-state index < -0.39 is 11.7 Å². The Morgan fingerprint density at radius 3 is 2.79 bits per heavy atom. The van der Waals surface area contributed by atoms with Crippen LogP contribution in [0.15, 0.2) is 33.6 Å². The van der Waals surface area contributed by atoms with E-state index in [0.717, 1.165) is 6.07 Å². The summed E-state index contributed by atoms with van der Waals surface area (Å²) < 4.78 is 14.0. The predicted octanol–water partition coefficient (Wildman–Crippen LogP) is 2.98. The highest BCUT2D eigenvalue weighted by atomic mass is 79.9. The van der Waals surface area contributed by atoms with Crippen LogP contribution < -0.4 is 11.1 Å². The number of amides is 1. The lowest BCUT2D eigenvalue weighted by Crippen LogP contribution is -2.16. The van der Waals surface area contributed by atoms with Gasteiger partial charge in [-0.3, -0.25) is 4.79 Å². The first-order valence-electron chi connectivity index (χ1n) is 5.02. The Kier molecular flexibility index (Phi) is 4.11. The molecule has 0 spiro atoms. The van der Waals surface area contributed by atoms with Crippen LogP contribution in [0.3, 0.4) is 0 Å². The van der Waals surface area contributed by atoms with Crippen LogP contribution in [0.5, 0.6) is 0 Å². The van der Waals surface area contributed by atoms with Crippen LogP contribution in [0, 0.1) is 5.82 Å². The van der Waals surface area contributed by atoms with Gasteiger partial charge < -0.3 is 11.1 Å². The maximum Gasteiger partial charge on any atom is 0.259 e. The number of hydrogen-bond acceptors (Lipinski definition) is 4. The summed E-state index contributed by atoms with van der Waals surface area (Å²) in [6.07, 6.45) is 1.43. The summed E-state index contributed by atoms with van der Waals surface area (Å²) in [5.41, 5.74) is 5.84. The fraction of sp³-hybridized carbons (Fsp3) is 0. The Bertz CT molecular complexity index is 651. The fourth-order valence-electron chi connectivity index (χ4n) is 1.33. The standard InChI is InChI=1S/C11H7Br2FN4O/c12-8-4-16-10(9(13)17-8)18-11(19)6-3-5(14)1-2-7(6)15/h1-4H,15H2,(H,16,18,19). The van der Waals surface area contributed by atoms with Crippen LogP contribution >= 0.6 is 31.9 Å². The minimum Gasteiger partial charge on any atom is -0.398 e. The quantitative estimate of drug-likeness (QED) is 0.773. The average molecular weight is 390 g/mol. The number of benzene rings is 1. The highest BCUT2D eigenvalue weighted by Crippen LogP contribution is 2.21. The number of nitrogen functional groups attached to an aromatic ring is 1. The molecule has 0 atom stereocenters. The van der Waals surface area contributed by atoms with E-state index >= 15 is 0 Å². The van der Waals surface area contributed by atoms with Crippen molar-refractivity contribution >= 4 is 49.3 Å². The van der Waals surface area contributed by atoms with Gasteiger partial charge in [0.25, 0.3) is 5.91 Å². The molecule has 0 aliphatic carbocycles. The summed E-state index contributed by atoms with van der Waals surface area (Å²) >= 11 is 6.30. The SMILES string of the molecule is Nc1ccc(F)cc1C(=O)Nc1ncc(Br)nc1Br. The first kappa shape index (κ1) is 13.9. The van der Waals surface area contributed by atoms with Crippen LogP contribution in [0.2, 0.25) is 0 Å². The Hall–Kier alpha value is -1.54. The van der Waals surface area contributed by atoms with Crippen LogP contribution in [-0.2, 0) is 0 Å². The molecule has 0 saturated carbocycles. The largest absolute Gasteiger partial charge is 0.398 e. The van der Waals surface area contributed by atoms with E-state index in [4.69, 9.17) is 5.73 Å². The normalized spacial score (nSPS) is 10.3. The Morgan fingerprint density at radius 1 is 1.37 bits per heavy atom. The number of nitrogens with two attached hydrogens (primary N) is 1. The minimum absolute atomic E-state index is 0.0385. The smallest absolute Gasteiger partial charge is 0.259 e. The zero-order valence-electron chi connectivity index (χ0n) is 9.32. The van der Waals surface area contributed by atoms with Gasteiger partial charge in [0.1, 0.15) is 15.0 Å². The van der Waals surface area contributed by atoms with Crippen molar-refractivity contribution in [2.45, 2.75) is 0 Å². The third-order valence-corrected chi connectivity index (χ3v) is 3.13. The molecule has 2 aromatic rings. The monoisotopic (exact) mass is 388 g/mol. The average Bonchev–Trinajstić information content (AvgIpc) is 2.35. The second kappa shape index (κ2) is 5.62. The molecule has 0 bridgehead atoms. The van der Waals surface area contributed by atoms with Crippen LogP contribution in [0.1, 0.15) is 10.4 Å². The molecule has 2 rings (SSSR count). The summed E-state index contributed by atoms with van der Waals surface area (Å²) in [6.45, 7) is 0. The minimum atomic E-state index is -0.561. The van der Waals surface area contributed by atoms with Gasteiger partial charge in [-0.1, -0.05) is 0 Å². The van der Waals surface area contributed by atoms with Gasteiger partial charge in [-0.2, -0.15) is 0 Å². The molecule has 5 nitrogen and oxygen atoms in total. The van der Waals surface area contributed by atoms with Crippen molar-refractivity contribution in [2.75, 3.05) is 11.1 Å². The number of carbonyl (C=O) groups is 1. The molecular weight excluding hydrogens is 383 g/mol. The van der Waals surface area contributed by atoms with Crippen molar-refractivity contribution in [2.24, 2.45) is 0 Å². The second-order valence-electron chi connectivity index (χ2n) is 3.52. The number of hydrogen-bond donors (Lipinski definition) is 2. The first-order chi connectivity index (χ1) is 8.97. The Morgan fingerprint density at radius 2 is 2.11 bits per heavy atom. The van der Waals surface area contributed by atoms with Gasteiger partial charge in [-0.05, 0) is 50.1 Å². The van der Waals surface area contributed by atoms with Crippen LogP contribution in [0.4, 0.5) is 15.9 Å². The van der Waals surface area contributed by atoms with Gasteiger partial charge in [-0.15, -0.1) is 0 Å². The van der Waals surface area contributed by atoms with E-state index in [0.29, 0.717) is 9.21 Å². The van der Waals surface area contributed by atoms with Gasteiger partial charge in [0, 0.05) is 5.69 Å². The molecule has 0 saturated heterocycles. The van der Waals surface area contributed by atoms with Crippen molar-refractivity contribution in [1.82, 2.24) is 9.97 Å². The number of rotatable bonds is 2. The lowest BCUT2D eigenvalue weighted by atomic mass is 10.1. The number of carbonyl (C=O) groups excluding carboxylic acids is 1. The van der Waals surface area contributed by atoms with E-state index in [1.807, 2.05) is 0 Å². The first-order valence-corrected chi connectivity index (χ1v) is 6.60. The third kappa shape index (κ3) is 3.27. The lowest BCUT2D eigenvalue weighted by Gasteiger charge is -2.08. The molecule has 0 fully saturated rings. The van der Waals surface area contributed by atoms with Crippen molar-refractivity contribution in [3.05, 3.63) is 45.0 Å². The maximum atomic E-state index is 13.1. The van der Waals surface area contributed by atoms with Gasteiger partial charge in [-0.25, -0.2) is 14.4 Å². The van der Waals surface area contributed by atoms with Crippen LogP contribution in [0.25, 0.3) is 0 Å². The molecule has 0 aliphatic rings. The second-order valence-corrected chi connectivity index (χ2v) is 5.08. The van der Waals surface area contributed by atoms with Crippen molar-refractivity contribution < 1.29 is 9.18 Å². The lowest BCUT2D eigenvalue weighted by molar-refractivity contribution is 0.102. The molecule has 3 N–H and O–H groups in total. The van der Waals surface area contributed by atoms with Gasteiger partial charge in [0.15, 0.2) is 5.82 Å². The van der Waals surface area contributed by atoms with E-state index in [-0.39, 0.29) is 17.1 Å². The van der Waals surface area contributed by atoms with Gasteiger partial charge >= 0.3 is 0 Å². The Balaban J connectivity index is 2.28. The molecule has 8 heteroatoms. The number of halogens is 3. The zero-order valence-corrected chi connectivity index (χ0v) is 12.5. The highest BCUT2D eigenvalue weighted by Gasteiger charge is 2.14. The number of nitrogens with zero attached hydrogens (tertiary/aromatic N) is 2. The summed E-state index contributed by atoms with van der Waals surface area (Å²) in [5, 5.41) is 2.49. The van der Waals surface area contributed by atoms with E-state index in [2.05, 4.69) is 47.1 Å². The van der Waals surface area contributed by atoms with Gasteiger partial charge in [0.2, 0.25) is 0 Å². The molecule has 1 aromatic carbocycles. The number of anilines is 2. The summed E-state index contributed by atoms with van der Waals surface area (Å²) in [6, 6.07) is 3.57. The van der Waals surface area contributed by atoms with Crippen molar-refractivity contribution in [3.8, 4) is 0 Å². The van der Waals surface area contributed by atoms with Crippen molar-refractivity contribution in [1.29, 1.82) is 0 Å². The van der Waals surface area contributed by atoms with E-state index in [9.17, 15) is 9.18 Å². The van der Waals surface area contributed by atoms with Gasteiger partial charge in [0.05, 0.1) is 11.8 Å². The Labute approximate surface area is 124 Å². The summed E-state index contributed by atoms with van der Waals surface area (Å²) in [7, 11) is 0. The molecule has 1 heterocycles. The molecule has 1 aromatic heterocycles. The third-order valence-electron chi connectivity index (χ3n) is 2.19. The topological polar surface area (TPSA) is 80.9 Å². The zero-order chi connectivity index (χ0) is 14.0. The highest BCUT2D eigenvalue weighted by molar-refractivity contribution is 9.11. The van der Waals surface area contributed by atoms with E-state index in [1.54, 1.807) is 0 Å². The number of aromatic nitrogens is 2.